The molecule has 2 saturated carbocycles. The fourth-order valence-corrected chi connectivity index (χ4v) is 4.87. The summed E-state index contributed by atoms with van der Waals surface area (Å²) in [6.07, 6.45) is 6.78. The molecule has 5 atom stereocenters. The number of unbranched alkanes of at least 4 members (excludes halogenated alkanes) is 3. The van der Waals surface area contributed by atoms with E-state index in [0.29, 0.717) is 31.2 Å². The fourth-order valence-electron chi connectivity index (χ4n) is 4.87. The maximum Gasteiger partial charge on any atom is 0.324 e. The zero-order chi connectivity index (χ0) is 18.0. The van der Waals surface area contributed by atoms with Gasteiger partial charge in [-0.2, -0.15) is 0 Å². The lowest BCUT2D eigenvalue weighted by molar-refractivity contribution is -0.137. The number of carboxylic acid groups (broad SMARTS) is 1. The Labute approximate surface area is 147 Å². The number of hydrogen-bond donors (Lipinski definition) is 3. The molecule has 3 aliphatic rings. The Morgan fingerprint density at radius 3 is 2.52 bits per heavy atom. The molecule has 25 heavy (non-hydrogen) atoms. The van der Waals surface area contributed by atoms with E-state index in [0.717, 1.165) is 38.5 Å². The Bertz CT molecular complexity index is 536. The molecule has 1 heterocycles. The average Bonchev–Trinajstić information content (AvgIpc) is 3.21. The summed E-state index contributed by atoms with van der Waals surface area (Å²) in [7, 11) is 0. The number of hydrogen-bond acceptors (Lipinski definition) is 4. The molecule has 0 aromatic rings. The second kappa shape index (κ2) is 7.72. The largest absolute Gasteiger partial charge is 0.481 e. The molecule has 1 aliphatic heterocycles. The fraction of sp³-hybridized carbons (Fsp3) is 0.833. The highest BCUT2D eigenvalue weighted by Gasteiger charge is 2.49. The van der Waals surface area contributed by atoms with Crippen LogP contribution < -0.4 is 5.32 Å². The molecule has 3 rings (SSSR count). The minimum atomic E-state index is -0.781. The van der Waals surface area contributed by atoms with Crippen LogP contribution in [0.2, 0.25) is 0 Å². The van der Waals surface area contributed by atoms with E-state index in [4.69, 9.17) is 5.11 Å². The van der Waals surface area contributed by atoms with Gasteiger partial charge in [-0.05, 0) is 43.9 Å². The van der Waals surface area contributed by atoms with E-state index in [1.54, 1.807) is 4.90 Å². The third kappa shape index (κ3) is 3.97. The second-order valence-corrected chi connectivity index (χ2v) is 7.80. The van der Waals surface area contributed by atoms with E-state index in [2.05, 4.69) is 5.32 Å². The third-order valence-electron chi connectivity index (χ3n) is 6.24. The summed E-state index contributed by atoms with van der Waals surface area (Å²) < 4.78 is 0. The van der Waals surface area contributed by atoms with Crippen LogP contribution in [-0.2, 0) is 9.59 Å². The van der Waals surface area contributed by atoms with Crippen LogP contribution in [0, 0.1) is 17.8 Å². The number of amides is 3. The number of carbonyl (C=O) groups is 3. The second-order valence-electron chi connectivity index (χ2n) is 7.80. The van der Waals surface area contributed by atoms with Crippen LogP contribution in [0.1, 0.15) is 57.8 Å². The van der Waals surface area contributed by atoms with Gasteiger partial charge in [-0.15, -0.1) is 0 Å². The number of aliphatic hydroxyl groups excluding tert-OH is 1. The highest BCUT2D eigenvalue weighted by molar-refractivity contribution is 6.04. The summed E-state index contributed by atoms with van der Waals surface area (Å²) in [5, 5.41) is 21.4. The van der Waals surface area contributed by atoms with Gasteiger partial charge in [0, 0.05) is 18.9 Å². The first kappa shape index (κ1) is 18.2. The highest BCUT2D eigenvalue weighted by Crippen LogP contribution is 2.49. The van der Waals surface area contributed by atoms with Gasteiger partial charge < -0.3 is 15.1 Å². The molecular weight excluding hydrogens is 324 g/mol. The van der Waals surface area contributed by atoms with Crippen molar-refractivity contribution in [2.24, 2.45) is 17.8 Å². The Hall–Kier alpha value is -1.63. The van der Waals surface area contributed by atoms with Crippen molar-refractivity contribution in [3.05, 3.63) is 0 Å². The van der Waals surface area contributed by atoms with E-state index in [9.17, 15) is 19.5 Å². The van der Waals surface area contributed by atoms with Gasteiger partial charge in [0.15, 0.2) is 0 Å². The first-order valence-corrected chi connectivity index (χ1v) is 9.48. The smallest absolute Gasteiger partial charge is 0.324 e. The average molecular weight is 352 g/mol. The van der Waals surface area contributed by atoms with E-state index >= 15 is 0 Å². The highest BCUT2D eigenvalue weighted by atomic mass is 16.4. The predicted molar refractivity (Wildman–Crippen MR) is 89.7 cm³/mol. The molecule has 3 amide bonds. The van der Waals surface area contributed by atoms with E-state index in [1.807, 2.05) is 0 Å². The number of imide groups is 1. The maximum atomic E-state index is 12.2. The van der Waals surface area contributed by atoms with Crippen LogP contribution in [0.25, 0.3) is 0 Å². The van der Waals surface area contributed by atoms with E-state index < -0.39 is 12.0 Å². The van der Waals surface area contributed by atoms with Crippen molar-refractivity contribution >= 4 is 17.9 Å². The zero-order valence-electron chi connectivity index (χ0n) is 14.5. The molecule has 7 heteroatoms. The molecule has 1 saturated heterocycles. The summed E-state index contributed by atoms with van der Waals surface area (Å²) in [5.41, 5.74) is 0. The molecule has 0 radical (unpaired) electrons. The van der Waals surface area contributed by atoms with Crippen LogP contribution in [0.5, 0.6) is 0 Å². The molecule has 0 spiro atoms. The number of carboxylic acids is 1. The van der Waals surface area contributed by atoms with Gasteiger partial charge >= 0.3 is 12.0 Å². The van der Waals surface area contributed by atoms with Gasteiger partial charge in [-0.25, -0.2) is 4.79 Å². The number of fused-ring (bicyclic) bond motifs is 2. The molecule has 3 N–H and O–H groups in total. The van der Waals surface area contributed by atoms with Crippen molar-refractivity contribution in [3.63, 3.8) is 0 Å². The summed E-state index contributed by atoms with van der Waals surface area (Å²) in [5.74, 6) is -0.0952. The molecule has 2 bridgehead atoms. The number of nitrogens with one attached hydrogen (secondary N) is 1. The molecule has 0 aromatic heterocycles. The molecule has 4 unspecified atom stereocenters. The van der Waals surface area contributed by atoms with Crippen LogP contribution in [0.4, 0.5) is 4.79 Å². The topological polar surface area (TPSA) is 107 Å². The number of aliphatic carboxylic acids is 1. The first-order valence-electron chi connectivity index (χ1n) is 9.48. The number of nitrogens with zero attached hydrogens (tertiary/aromatic N) is 1. The van der Waals surface area contributed by atoms with Crippen LogP contribution in [0.3, 0.4) is 0 Å². The van der Waals surface area contributed by atoms with Crippen molar-refractivity contribution in [1.29, 1.82) is 0 Å². The van der Waals surface area contributed by atoms with Crippen LogP contribution in [-0.4, -0.2) is 51.7 Å². The Kier molecular flexibility index (Phi) is 5.61. The molecule has 3 fully saturated rings. The maximum absolute atomic E-state index is 12.2. The van der Waals surface area contributed by atoms with Gasteiger partial charge in [0.2, 0.25) is 0 Å². The van der Waals surface area contributed by atoms with Crippen LogP contribution in [0.15, 0.2) is 0 Å². The SMILES string of the molecule is O=C(O)CCCCCCC1C(=O)NC(=O)N1CC1C2CCC(C2)[C@@H]1O. The Balaban J connectivity index is 1.48. The predicted octanol–water partition coefficient (Wildman–Crippen LogP) is 1.74. The Morgan fingerprint density at radius 1 is 1.12 bits per heavy atom. The van der Waals surface area contributed by atoms with Gasteiger partial charge in [-0.1, -0.05) is 19.3 Å². The number of rotatable bonds is 9. The molecule has 7 nitrogen and oxygen atoms in total. The third-order valence-corrected chi connectivity index (χ3v) is 6.24. The van der Waals surface area contributed by atoms with Gasteiger partial charge in [0.25, 0.3) is 5.91 Å². The molecular formula is C18H28N2O5. The first-order chi connectivity index (χ1) is 12.0. The molecule has 2 aliphatic carbocycles. The van der Waals surface area contributed by atoms with Crippen molar-refractivity contribution in [1.82, 2.24) is 10.2 Å². The molecule has 0 aromatic carbocycles. The van der Waals surface area contributed by atoms with Gasteiger partial charge in [-0.3, -0.25) is 14.9 Å². The quantitative estimate of drug-likeness (QED) is 0.433. The summed E-state index contributed by atoms with van der Waals surface area (Å²) >= 11 is 0. The Morgan fingerprint density at radius 2 is 1.84 bits per heavy atom. The lowest BCUT2D eigenvalue weighted by Crippen LogP contribution is -2.43. The lowest BCUT2D eigenvalue weighted by Gasteiger charge is -2.32. The zero-order valence-corrected chi connectivity index (χ0v) is 14.5. The summed E-state index contributed by atoms with van der Waals surface area (Å²) in [6, 6.07) is -0.783. The minimum absolute atomic E-state index is 0.0912. The summed E-state index contributed by atoms with van der Waals surface area (Å²) in [6.45, 7) is 0.462. The lowest BCUT2D eigenvalue weighted by atomic mass is 9.85. The molecule has 140 valence electrons. The van der Waals surface area contributed by atoms with Crippen molar-refractivity contribution in [2.45, 2.75) is 69.9 Å². The number of aliphatic hydroxyl groups is 1. The van der Waals surface area contributed by atoms with Gasteiger partial charge in [0.1, 0.15) is 6.04 Å². The minimum Gasteiger partial charge on any atom is -0.481 e. The van der Waals surface area contributed by atoms with E-state index in [1.165, 1.54) is 0 Å². The van der Waals surface area contributed by atoms with Crippen molar-refractivity contribution in [3.8, 4) is 0 Å². The van der Waals surface area contributed by atoms with Crippen molar-refractivity contribution < 1.29 is 24.6 Å². The van der Waals surface area contributed by atoms with E-state index in [-0.39, 0.29) is 30.4 Å². The number of urea groups is 1. The van der Waals surface area contributed by atoms with Gasteiger partial charge in [0.05, 0.1) is 6.10 Å². The monoisotopic (exact) mass is 352 g/mol. The van der Waals surface area contributed by atoms with Crippen LogP contribution >= 0.6 is 0 Å². The van der Waals surface area contributed by atoms with Crippen molar-refractivity contribution in [2.75, 3.05) is 6.54 Å². The standard InChI is InChI=1S/C18H28N2O5/c21-15(22)6-4-2-1-3-5-14-17(24)19-18(25)20(14)10-13-11-7-8-12(9-11)16(13)23/h11-14,16,23H,1-10H2,(H,21,22)(H,19,24,25)/t11?,12?,13?,14?,16-/m0/s1. The normalized spacial score (nSPS) is 34.0. The summed E-state index contributed by atoms with van der Waals surface area (Å²) in [4.78, 5) is 36.4. The number of carbonyl (C=O) groups excluding carboxylic acids is 2.